The molecule has 0 aromatic rings. The van der Waals surface area contributed by atoms with Crippen LogP contribution in [0.2, 0.25) is 0 Å². The topological polar surface area (TPSA) is 58.2 Å². The van der Waals surface area contributed by atoms with Gasteiger partial charge in [0.15, 0.2) is 0 Å². The molecule has 0 saturated heterocycles. The van der Waals surface area contributed by atoms with Gasteiger partial charge in [0.1, 0.15) is 6.54 Å². The zero-order valence-corrected chi connectivity index (χ0v) is 10.6. The molecule has 16 heavy (non-hydrogen) atoms. The minimum atomic E-state index is -0.121. The molecule has 0 aliphatic carbocycles. The standard InChI is InChI=1S/C11H21N3O2/c1-9(2)11(16)12-7-6-8-14(4,5)13-10(3)15/h1,6-8H2,2-5H3,(H-,12,13,15,16)/p+1. The monoisotopic (exact) mass is 228 g/mol. The van der Waals surface area contributed by atoms with Crippen molar-refractivity contribution < 1.29 is 14.2 Å². The highest BCUT2D eigenvalue weighted by molar-refractivity contribution is 5.91. The van der Waals surface area contributed by atoms with Crippen molar-refractivity contribution in [1.82, 2.24) is 10.7 Å². The molecule has 5 heteroatoms. The van der Waals surface area contributed by atoms with Crippen molar-refractivity contribution in [2.75, 3.05) is 27.2 Å². The van der Waals surface area contributed by atoms with Gasteiger partial charge in [-0.25, -0.2) is 10.0 Å². The molecule has 0 unspecified atom stereocenters. The number of hydrogen-bond acceptors (Lipinski definition) is 2. The van der Waals surface area contributed by atoms with Crippen molar-refractivity contribution in [2.24, 2.45) is 0 Å². The third-order valence-electron chi connectivity index (χ3n) is 2.03. The molecule has 0 fully saturated rings. The molecular formula is C11H22N3O2+. The van der Waals surface area contributed by atoms with Crippen LogP contribution in [0, 0.1) is 0 Å². The SMILES string of the molecule is C=C(C)C(=O)NCCC[N+](C)(C)NC(C)=O. The highest BCUT2D eigenvalue weighted by Crippen LogP contribution is 1.94. The van der Waals surface area contributed by atoms with E-state index in [4.69, 9.17) is 0 Å². The van der Waals surface area contributed by atoms with E-state index in [9.17, 15) is 9.59 Å². The Morgan fingerprint density at radius 1 is 1.25 bits per heavy atom. The molecule has 2 N–H and O–H groups in total. The number of rotatable bonds is 6. The summed E-state index contributed by atoms with van der Waals surface area (Å²) in [5, 5.41) is 2.75. The van der Waals surface area contributed by atoms with Crippen molar-refractivity contribution in [3.8, 4) is 0 Å². The lowest BCUT2D eigenvalue weighted by Crippen LogP contribution is -2.54. The van der Waals surface area contributed by atoms with Crippen molar-refractivity contribution in [1.29, 1.82) is 0 Å². The second kappa shape index (κ2) is 6.27. The van der Waals surface area contributed by atoms with Gasteiger partial charge in [0.25, 0.3) is 5.91 Å². The van der Waals surface area contributed by atoms with Gasteiger partial charge in [0, 0.05) is 25.5 Å². The van der Waals surface area contributed by atoms with Crippen LogP contribution in [0.25, 0.3) is 0 Å². The Kier molecular flexibility index (Phi) is 5.74. The van der Waals surface area contributed by atoms with E-state index in [1.54, 1.807) is 6.92 Å². The van der Waals surface area contributed by atoms with Crippen LogP contribution in [0.5, 0.6) is 0 Å². The summed E-state index contributed by atoms with van der Waals surface area (Å²) in [5.74, 6) is -0.180. The molecule has 2 amide bonds. The molecule has 0 atom stereocenters. The van der Waals surface area contributed by atoms with Crippen LogP contribution in [0.15, 0.2) is 12.2 Å². The molecule has 0 spiro atoms. The molecule has 5 nitrogen and oxygen atoms in total. The Morgan fingerprint density at radius 2 is 1.81 bits per heavy atom. The summed E-state index contributed by atoms with van der Waals surface area (Å²) in [7, 11) is 3.81. The molecule has 0 aromatic carbocycles. The maximum atomic E-state index is 11.2. The lowest BCUT2D eigenvalue weighted by Gasteiger charge is -2.28. The quantitative estimate of drug-likeness (QED) is 0.295. The van der Waals surface area contributed by atoms with Crippen LogP contribution in [0.1, 0.15) is 20.3 Å². The average Bonchev–Trinajstić information content (AvgIpc) is 2.09. The molecule has 92 valence electrons. The summed E-state index contributed by atoms with van der Waals surface area (Å²) >= 11 is 0. The Balaban J connectivity index is 3.77. The van der Waals surface area contributed by atoms with Crippen LogP contribution < -0.4 is 10.7 Å². The fourth-order valence-electron chi connectivity index (χ4n) is 1.31. The van der Waals surface area contributed by atoms with E-state index in [0.29, 0.717) is 16.7 Å². The second-order valence-corrected chi connectivity index (χ2v) is 4.47. The fourth-order valence-corrected chi connectivity index (χ4v) is 1.31. The number of carbonyl (C=O) groups is 2. The van der Waals surface area contributed by atoms with E-state index in [-0.39, 0.29) is 11.8 Å². The summed E-state index contributed by atoms with van der Waals surface area (Å²) in [6.45, 7) is 8.06. The van der Waals surface area contributed by atoms with Gasteiger partial charge < -0.3 is 5.32 Å². The maximum Gasteiger partial charge on any atom is 0.261 e. The summed E-state index contributed by atoms with van der Waals surface area (Å²) in [4.78, 5) is 22.0. The van der Waals surface area contributed by atoms with Gasteiger partial charge in [0.2, 0.25) is 5.91 Å². The molecule has 0 aliphatic rings. The zero-order valence-electron chi connectivity index (χ0n) is 10.6. The smallest absolute Gasteiger partial charge is 0.261 e. The minimum Gasteiger partial charge on any atom is -0.352 e. The average molecular weight is 228 g/mol. The molecular weight excluding hydrogens is 206 g/mol. The summed E-state index contributed by atoms with van der Waals surface area (Å²) in [5.41, 5.74) is 3.31. The first kappa shape index (κ1) is 14.6. The number of nitrogens with zero attached hydrogens (tertiary/aromatic N) is 1. The van der Waals surface area contributed by atoms with E-state index < -0.39 is 0 Å². The summed E-state index contributed by atoms with van der Waals surface area (Å²) in [6.07, 6.45) is 0.798. The maximum absolute atomic E-state index is 11.2. The van der Waals surface area contributed by atoms with E-state index in [0.717, 1.165) is 13.0 Å². The van der Waals surface area contributed by atoms with Gasteiger partial charge in [-0.05, 0) is 6.92 Å². The first-order chi connectivity index (χ1) is 7.24. The van der Waals surface area contributed by atoms with Crippen molar-refractivity contribution in [3.63, 3.8) is 0 Å². The van der Waals surface area contributed by atoms with Gasteiger partial charge in [-0.15, -0.1) is 0 Å². The first-order valence-corrected chi connectivity index (χ1v) is 5.30. The molecule has 0 bridgehead atoms. The van der Waals surface area contributed by atoms with Gasteiger partial charge in [-0.1, -0.05) is 6.58 Å². The third kappa shape index (κ3) is 7.00. The minimum absolute atomic E-state index is 0.0593. The second-order valence-electron chi connectivity index (χ2n) is 4.47. The van der Waals surface area contributed by atoms with Gasteiger partial charge in [-0.3, -0.25) is 9.59 Å². The van der Waals surface area contributed by atoms with Crippen LogP contribution in [0.3, 0.4) is 0 Å². The largest absolute Gasteiger partial charge is 0.352 e. The lowest BCUT2D eigenvalue weighted by atomic mass is 10.3. The number of quaternary nitrogens is 1. The predicted octanol–water partition coefficient (Wildman–Crippen LogP) is 0.196. The number of nitrogens with one attached hydrogen (secondary N) is 2. The Bertz CT molecular complexity index is 285. The van der Waals surface area contributed by atoms with Gasteiger partial charge in [0.05, 0.1) is 14.1 Å². The predicted molar refractivity (Wildman–Crippen MR) is 63.2 cm³/mol. The molecule has 0 aromatic heterocycles. The van der Waals surface area contributed by atoms with E-state index in [1.807, 2.05) is 14.1 Å². The van der Waals surface area contributed by atoms with Crippen LogP contribution in [0.4, 0.5) is 0 Å². The first-order valence-electron chi connectivity index (χ1n) is 5.30. The lowest BCUT2D eigenvalue weighted by molar-refractivity contribution is -0.925. The van der Waals surface area contributed by atoms with Crippen LogP contribution in [-0.2, 0) is 9.59 Å². The number of carbonyl (C=O) groups excluding carboxylic acids is 2. The molecule has 0 aliphatic heterocycles. The highest BCUT2D eigenvalue weighted by atomic mass is 16.2. The van der Waals surface area contributed by atoms with E-state index in [1.165, 1.54) is 6.92 Å². The highest BCUT2D eigenvalue weighted by Gasteiger charge is 2.15. The van der Waals surface area contributed by atoms with Gasteiger partial charge in [-0.2, -0.15) is 0 Å². The van der Waals surface area contributed by atoms with Crippen LogP contribution in [-0.4, -0.2) is 43.6 Å². The summed E-state index contributed by atoms with van der Waals surface area (Å²) in [6, 6.07) is 0. The van der Waals surface area contributed by atoms with Gasteiger partial charge >= 0.3 is 0 Å². The molecule has 0 saturated carbocycles. The Labute approximate surface area is 97.1 Å². The normalized spacial score (nSPS) is 10.8. The Hall–Kier alpha value is -1.36. The van der Waals surface area contributed by atoms with E-state index >= 15 is 0 Å². The van der Waals surface area contributed by atoms with Crippen molar-refractivity contribution in [2.45, 2.75) is 20.3 Å². The molecule has 0 radical (unpaired) electrons. The van der Waals surface area contributed by atoms with Crippen molar-refractivity contribution in [3.05, 3.63) is 12.2 Å². The van der Waals surface area contributed by atoms with Crippen molar-refractivity contribution >= 4 is 11.8 Å². The third-order valence-corrected chi connectivity index (χ3v) is 2.03. The fraction of sp³-hybridized carbons (Fsp3) is 0.636. The number of hydrogen-bond donors (Lipinski definition) is 2. The van der Waals surface area contributed by atoms with E-state index in [2.05, 4.69) is 17.3 Å². The number of amides is 2. The summed E-state index contributed by atoms with van der Waals surface area (Å²) < 4.78 is 0.415. The Morgan fingerprint density at radius 3 is 2.25 bits per heavy atom. The molecule has 0 heterocycles. The zero-order chi connectivity index (χ0) is 12.8. The van der Waals surface area contributed by atoms with Crippen LogP contribution >= 0.6 is 0 Å². The molecule has 0 rings (SSSR count).